The van der Waals surface area contributed by atoms with Gasteiger partial charge in [0.2, 0.25) is 0 Å². The lowest BCUT2D eigenvalue weighted by Crippen LogP contribution is -2.26. The Labute approximate surface area is 116 Å². The van der Waals surface area contributed by atoms with E-state index in [-0.39, 0.29) is 11.1 Å². The number of nitrogens with zero attached hydrogens (tertiary/aromatic N) is 3. The van der Waals surface area contributed by atoms with Crippen LogP contribution in [0.4, 0.5) is 4.39 Å². The third-order valence-corrected chi connectivity index (χ3v) is 3.23. The largest absolute Gasteiger partial charge is 0.305 e. The van der Waals surface area contributed by atoms with E-state index in [0.29, 0.717) is 5.56 Å². The molecule has 0 aliphatic carbocycles. The summed E-state index contributed by atoms with van der Waals surface area (Å²) in [7, 11) is 1.78. The standard InChI is InChI=1S/C13H16ClFN4/c1-3-7-16-13(11-8-17-18-19(11)2)9-5-4-6-10(14)12(9)15/h4-6,8,13,16H,3,7H2,1-2H3. The Balaban J connectivity index is 2.43. The topological polar surface area (TPSA) is 42.7 Å². The minimum Gasteiger partial charge on any atom is -0.305 e. The monoisotopic (exact) mass is 282 g/mol. The Kier molecular flexibility index (Phi) is 4.50. The smallest absolute Gasteiger partial charge is 0.146 e. The van der Waals surface area contributed by atoms with Crippen LogP contribution in [0, 0.1) is 5.82 Å². The molecule has 2 aromatic rings. The molecule has 1 atom stereocenters. The van der Waals surface area contributed by atoms with E-state index >= 15 is 0 Å². The maximum Gasteiger partial charge on any atom is 0.146 e. The molecule has 0 bridgehead atoms. The molecule has 0 amide bonds. The lowest BCUT2D eigenvalue weighted by atomic mass is 10.0. The summed E-state index contributed by atoms with van der Waals surface area (Å²) >= 11 is 5.85. The summed E-state index contributed by atoms with van der Waals surface area (Å²) in [6.45, 7) is 2.82. The van der Waals surface area contributed by atoms with E-state index in [2.05, 4.69) is 22.6 Å². The van der Waals surface area contributed by atoms with Gasteiger partial charge in [-0.3, -0.25) is 4.68 Å². The van der Waals surface area contributed by atoms with Crippen LogP contribution in [0.25, 0.3) is 0 Å². The predicted molar refractivity (Wildman–Crippen MR) is 72.5 cm³/mol. The van der Waals surface area contributed by atoms with Gasteiger partial charge in [0.15, 0.2) is 0 Å². The molecule has 1 aromatic heterocycles. The zero-order valence-corrected chi connectivity index (χ0v) is 11.7. The summed E-state index contributed by atoms with van der Waals surface area (Å²) in [6.07, 6.45) is 2.58. The van der Waals surface area contributed by atoms with Crippen LogP contribution in [0.2, 0.25) is 5.02 Å². The molecule has 0 fully saturated rings. The highest BCUT2D eigenvalue weighted by atomic mass is 35.5. The second kappa shape index (κ2) is 6.12. The molecule has 0 radical (unpaired) electrons. The van der Waals surface area contributed by atoms with Crippen LogP contribution in [-0.4, -0.2) is 21.5 Å². The third-order valence-electron chi connectivity index (χ3n) is 2.94. The number of rotatable bonds is 5. The van der Waals surface area contributed by atoms with Gasteiger partial charge in [-0.15, -0.1) is 5.10 Å². The molecule has 0 saturated carbocycles. The Morgan fingerprint density at radius 3 is 2.89 bits per heavy atom. The number of benzene rings is 1. The van der Waals surface area contributed by atoms with Gasteiger partial charge < -0.3 is 5.32 Å². The van der Waals surface area contributed by atoms with E-state index in [1.54, 1.807) is 36.1 Å². The van der Waals surface area contributed by atoms with Gasteiger partial charge in [-0.1, -0.05) is 35.9 Å². The van der Waals surface area contributed by atoms with Crippen molar-refractivity contribution in [2.75, 3.05) is 6.54 Å². The molecule has 0 saturated heterocycles. The lowest BCUT2D eigenvalue weighted by Gasteiger charge is -2.19. The Morgan fingerprint density at radius 1 is 1.47 bits per heavy atom. The highest BCUT2D eigenvalue weighted by molar-refractivity contribution is 6.30. The summed E-state index contributed by atoms with van der Waals surface area (Å²) < 4.78 is 15.8. The second-order valence-corrected chi connectivity index (χ2v) is 4.72. The minimum absolute atomic E-state index is 0.121. The van der Waals surface area contributed by atoms with Crippen molar-refractivity contribution in [3.63, 3.8) is 0 Å². The average Bonchev–Trinajstić information content (AvgIpc) is 2.81. The number of hydrogen-bond acceptors (Lipinski definition) is 3. The van der Waals surface area contributed by atoms with Gasteiger partial charge in [-0.25, -0.2) is 4.39 Å². The molecule has 1 unspecified atom stereocenters. The van der Waals surface area contributed by atoms with Crippen molar-refractivity contribution in [2.45, 2.75) is 19.4 Å². The molecule has 0 spiro atoms. The second-order valence-electron chi connectivity index (χ2n) is 4.31. The fourth-order valence-corrected chi connectivity index (χ4v) is 2.15. The number of aryl methyl sites for hydroxylation is 1. The van der Waals surface area contributed by atoms with Crippen LogP contribution in [0.1, 0.15) is 30.6 Å². The number of halogens is 2. The molecule has 102 valence electrons. The third kappa shape index (κ3) is 2.93. The first-order valence-corrected chi connectivity index (χ1v) is 6.54. The zero-order chi connectivity index (χ0) is 13.8. The van der Waals surface area contributed by atoms with Gasteiger partial charge in [0.1, 0.15) is 5.82 Å². The van der Waals surface area contributed by atoms with Crippen molar-refractivity contribution >= 4 is 11.6 Å². The molecule has 4 nitrogen and oxygen atoms in total. The van der Waals surface area contributed by atoms with Gasteiger partial charge in [-0.2, -0.15) is 0 Å². The first kappa shape index (κ1) is 14.0. The van der Waals surface area contributed by atoms with Gasteiger partial charge in [0.05, 0.1) is 23.0 Å². The van der Waals surface area contributed by atoms with E-state index in [0.717, 1.165) is 18.7 Å². The minimum atomic E-state index is -0.404. The Bertz CT molecular complexity index is 555. The van der Waals surface area contributed by atoms with Gasteiger partial charge in [-0.05, 0) is 19.0 Å². The quantitative estimate of drug-likeness (QED) is 0.917. The van der Waals surface area contributed by atoms with Crippen LogP contribution < -0.4 is 5.32 Å². The summed E-state index contributed by atoms with van der Waals surface area (Å²) in [6, 6.07) is 4.70. The van der Waals surface area contributed by atoms with Gasteiger partial charge in [0, 0.05) is 12.6 Å². The summed E-state index contributed by atoms with van der Waals surface area (Å²) in [4.78, 5) is 0. The van der Waals surface area contributed by atoms with Crippen LogP contribution in [-0.2, 0) is 7.05 Å². The van der Waals surface area contributed by atoms with Crippen molar-refractivity contribution in [2.24, 2.45) is 7.05 Å². The molecular weight excluding hydrogens is 267 g/mol. The highest BCUT2D eigenvalue weighted by Crippen LogP contribution is 2.27. The molecule has 1 heterocycles. The highest BCUT2D eigenvalue weighted by Gasteiger charge is 2.21. The number of nitrogens with one attached hydrogen (secondary N) is 1. The van der Waals surface area contributed by atoms with E-state index in [4.69, 9.17) is 11.6 Å². The first-order valence-electron chi connectivity index (χ1n) is 6.17. The van der Waals surface area contributed by atoms with Crippen molar-refractivity contribution in [3.8, 4) is 0 Å². The molecule has 1 N–H and O–H groups in total. The van der Waals surface area contributed by atoms with Crippen LogP contribution in [0.3, 0.4) is 0 Å². The van der Waals surface area contributed by atoms with Crippen molar-refractivity contribution in [1.82, 2.24) is 20.3 Å². The predicted octanol–water partition coefficient (Wildman–Crippen LogP) is 2.70. The van der Waals surface area contributed by atoms with Crippen molar-refractivity contribution < 1.29 is 4.39 Å². The first-order chi connectivity index (χ1) is 9.15. The number of hydrogen-bond donors (Lipinski definition) is 1. The van der Waals surface area contributed by atoms with Crippen LogP contribution >= 0.6 is 11.6 Å². The fraction of sp³-hybridized carbons (Fsp3) is 0.385. The van der Waals surface area contributed by atoms with Crippen LogP contribution in [0.5, 0.6) is 0 Å². The van der Waals surface area contributed by atoms with E-state index in [9.17, 15) is 4.39 Å². The van der Waals surface area contributed by atoms with Gasteiger partial charge >= 0.3 is 0 Å². The van der Waals surface area contributed by atoms with E-state index < -0.39 is 5.82 Å². The molecule has 1 aromatic carbocycles. The van der Waals surface area contributed by atoms with Crippen molar-refractivity contribution in [3.05, 3.63) is 46.5 Å². The zero-order valence-electron chi connectivity index (χ0n) is 10.9. The van der Waals surface area contributed by atoms with E-state index in [1.807, 2.05) is 0 Å². The Hall–Kier alpha value is -1.46. The molecule has 19 heavy (non-hydrogen) atoms. The average molecular weight is 283 g/mol. The molecular formula is C13H16ClFN4. The maximum absolute atomic E-state index is 14.2. The SMILES string of the molecule is CCCNC(c1cccc(Cl)c1F)c1cnnn1C. The lowest BCUT2D eigenvalue weighted by molar-refractivity contribution is 0.519. The van der Waals surface area contributed by atoms with Gasteiger partial charge in [0.25, 0.3) is 0 Å². The molecule has 2 rings (SSSR count). The van der Waals surface area contributed by atoms with E-state index in [1.165, 1.54) is 0 Å². The van der Waals surface area contributed by atoms with Crippen LogP contribution in [0.15, 0.2) is 24.4 Å². The van der Waals surface area contributed by atoms with Crippen molar-refractivity contribution in [1.29, 1.82) is 0 Å². The molecule has 6 heteroatoms. The Morgan fingerprint density at radius 2 is 2.26 bits per heavy atom. The number of aromatic nitrogens is 3. The summed E-state index contributed by atoms with van der Waals surface area (Å²) in [5.41, 5.74) is 1.31. The maximum atomic E-state index is 14.2. The molecule has 0 aliphatic heterocycles. The summed E-state index contributed by atoms with van der Waals surface area (Å²) in [5, 5.41) is 11.2. The fourth-order valence-electron chi connectivity index (χ4n) is 1.96. The molecule has 0 aliphatic rings. The summed E-state index contributed by atoms with van der Waals surface area (Å²) in [5.74, 6) is -0.404. The normalized spacial score (nSPS) is 12.6.